The predicted octanol–water partition coefficient (Wildman–Crippen LogP) is 3.75. The molecule has 0 aliphatic heterocycles. The second-order valence-electron chi connectivity index (χ2n) is 6.38. The number of aromatic nitrogens is 2. The van der Waals surface area contributed by atoms with Gasteiger partial charge in [-0.25, -0.2) is 27.1 Å². The minimum Gasteiger partial charge on any atom is -0.241 e. The summed E-state index contributed by atoms with van der Waals surface area (Å²) in [7, 11) is -2.05. The normalized spacial score (nSPS) is 11.8. The van der Waals surface area contributed by atoms with Gasteiger partial charge < -0.3 is 0 Å². The van der Waals surface area contributed by atoms with E-state index in [4.69, 9.17) is 0 Å². The van der Waals surface area contributed by atoms with Crippen molar-refractivity contribution in [1.82, 2.24) is 9.97 Å². The number of hydrogen-bond donors (Lipinski definition) is 0. The molecule has 0 atom stereocenters. The van der Waals surface area contributed by atoms with E-state index < -0.39 is 10.0 Å². The first-order valence-electron chi connectivity index (χ1n) is 8.25. The third kappa shape index (κ3) is 4.34. The van der Waals surface area contributed by atoms with Crippen LogP contribution < -0.4 is 4.31 Å². The monoisotopic (exact) mass is 365 g/mol. The van der Waals surface area contributed by atoms with E-state index in [9.17, 15) is 12.8 Å². The number of rotatable bonds is 6. The highest BCUT2D eigenvalue weighted by Crippen LogP contribution is 2.31. The van der Waals surface area contributed by atoms with Crippen molar-refractivity contribution in [2.45, 2.75) is 39.5 Å². The maximum Gasteiger partial charge on any atom is 0.239 e. The fourth-order valence-corrected chi connectivity index (χ4v) is 2.98. The first-order valence-corrected chi connectivity index (χ1v) is 10.1. The quantitative estimate of drug-likeness (QED) is 0.782. The zero-order valence-electron chi connectivity index (χ0n) is 15.2. The molecule has 0 aliphatic carbocycles. The number of sulfonamides is 1. The van der Waals surface area contributed by atoms with Crippen LogP contribution in [0.25, 0.3) is 11.3 Å². The van der Waals surface area contributed by atoms with Crippen LogP contribution in [0.5, 0.6) is 0 Å². The molecule has 0 fully saturated rings. The van der Waals surface area contributed by atoms with E-state index in [-0.39, 0.29) is 17.7 Å². The fraction of sp³-hybridized carbons (Fsp3) is 0.444. The van der Waals surface area contributed by atoms with E-state index in [0.717, 1.165) is 40.2 Å². The van der Waals surface area contributed by atoms with Gasteiger partial charge in [0.15, 0.2) is 0 Å². The van der Waals surface area contributed by atoms with Gasteiger partial charge in [0, 0.05) is 18.2 Å². The molecule has 0 radical (unpaired) electrons. The zero-order valence-corrected chi connectivity index (χ0v) is 16.1. The fourth-order valence-electron chi connectivity index (χ4n) is 2.60. The molecule has 1 aromatic heterocycles. The van der Waals surface area contributed by atoms with E-state index in [1.807, 2.05) is 13.8 Å². The van der Waals surface area contributed by atoms with Gasteiger partial charge in [0.2, 0.25) is 16.0 Å². The van der Waals surface area contributed by atoms with Crippen LogP contribution in [-0.4, -0.2) is 31.7 Å². The van der Waals surface area contributed by atoms with Crippen LogP contribution in [-0.2, 0) is 16.4 Å². The lowest BCUT2D eigenvalue weighted by Gasteiger charge is -2.21. The van der Waals surface area contributed by atoms with Crippen molar-refractivity contribution in [3.63, 3.8) is 0 Å². The van der Waals surface area contributed by atoms with Crippen molar-refractivity contribution in [3.05, 3.63) is 41.3 Å². The van der Waals surface area contributed by atoms with Crippen LogP contribution in [0.4, 0.5) is 10.3 Å². The lowest BCUT2D eigenvalue weighted by molar-refractivity contribution is 0.599. The molecule has 0 aliphatic rings. The largest absolute Gasteiger partial charge is 0.241 e. The molecular formula is C18H24FN3O2S. The molecule has 2 aromatic rings. The summed E-state index contributed by atoms with van der Waals surface area (Å²) in [5.41, 5.74) is 3.21. The van der Waals surface area contributed by atoms with Crippen LogP contribution in [0, 0.1) is 5.82 Å². The molecular weight excluding hydrogens is 341 g/mol. The summed E-state index contributed by atoms with van der Waals surface area (Å²) in [6.07, 6.45) is 2.78. The van der Waals surface area contributed by atoms with Gasteiger partial charge in [-0.3, -0.25) is 0 Å². The van der Waals surface area contributed by atoms with Gasteiger partial charge in [-0.15, -0.1) is 0 Å². The van der Waals surface area contributed by atoms with Crippen molar-refractivity contribution >= 4 is 16.0 Å². The number of benzene rings is 1. The van der Waals surface area contributed by atoms with Gasteiger partial charge in [-0.05, 0) is 36.6 Å². The van der Waals surface area contributed by atoms with Crippen molar-refractivity contribution < 1.29 is 12.8 Å². The summed E-state index contributed by atoms with van der Waals surface area (Å²) in [6, 6.07) is 6.07. The lowest BCUT2D eigenvalue weighted by Crippen LogP contribution is -2.27. The molecule has 7 heteroatoms. The summed E-state index contributed by atoms with van der Waals surface area (Å²) >= 11 is 0. The van der Waals surface area contributed by atoms with Gasteiger partial charge in [-0.1, -0.05) is 27.2 Å². The topological polar surface area (TPSA) is 63.2 Å². The Balaban J connectivity index is 2.76. The summed E-state index contributed by atoms with van der Waals surface area (Å²) < 4.78 is 38.2. The van der Waals surface area contributed by atoms with Crippen molar-refractivity contribution in [2.75, 3.05) is 17.6 Å². The number of halogens is 1. The van der Waals surface area contributed by atoms with Gasteiger partial charge >= 0.3 is 0 Å². The Morgan fingerprint density at radius 3 is 2.24 bits per heavy atom. The number of nitrogens with zero attached hydrogens (tertiary/aromatic N) is 3. The van der Waals surface area contributed by atoms with Crippen molar-refractivity contribution in [3.8, 4) is 11.3 Å². The van der Waals surface area contributed by atoms with E-state index in [2.05, 4.69) is 16.9 Å². The zero-order chi connectivity index (χ0) is 18.8. The van der Waals surface area contributed by atoms with E-state index in [0.29, 0.717) is 5.69 Å². The molecule has 2 rings (SSSR count). The minimum absolute atomic E-state index is 0.107. The van der Waals surface area contributed by atoms with E-state index >= 15 is 0 Å². The Kier molecular flexibility index (Phi) is 5.77. The smallest absolute Gasteiger partial charge is 0.239 e. The maximum atomic E-state index is 13.3. The SMILES string of the molecule is CCCc1c(-c2ccc(F)cc2)nc(N(C)S(C)(=O)=O)nc1C(C)C. The van der Waals surface area contributed by atoms with Gasteiger partial charge in [0.1, 0.15) is 5.82 Å². The molecule has 0 unspecified atom stereocenters. The summed E-state index contributed by atoms with van der Waals surface area (Å²) in [6.45, 7) is 6.09. The average Bonchev–Trinajstić information content (AvgIpc) is 2.54. The molecule has 5 nitrogen and oxygen atoms in total. The highest BCUT2D eigenvalue weighted by Gasteiger charge is 2.22. The first kappa shape index (κ1) is 19.3. The second-order valence-corrected chi connectivity index (χ2v) is 8.39. The summed E-state index contributed by atoms with van der Waals surface area (Å²) in [5.74, 6) is -0.0896. The van der Waals surface area contributed by atoms with Crippen molar-refractivity contribution in [2.24, 2.45) is 0 Å². The molecule has 136 valence electrons. The Hall–Kier alpha value is -2.02. The molecule has 0 spiro atoms. The first-order chi connectivity index (χ1) is 11.6. The Labute approximate surface area is 149 Å². The molecule has 1 aromatic carbocycles. The molecule has 0 saturated carbocycles. The Bertz CT molecular complexity index is 849. The standard InChI is InChI=1S/C18H24FN3O2S/c1-6-7-15-16(12(2)3)20-18(22(4)25(5,23)24)21-17(15)13-8-10-14(19)11-9-13/h8-12H,6-7H2,1-5H3. The predicted molar refractivity (Wildman–Crippen MR) is 98.8 cm³/mol. The number of anilines is 1. The Morgan fingerprint density at radius 2 is 1.76 bits per heavy atom. The van der Waals surface area contributed by atoms with E-state index in [1.165, 1.54) is 19.2 Å². The highest BCUT2D eigenvalue weighted by atomic mass is 32.2. The van der Waals surface area contributed by atoms with Gasteiger partial charge in [0.25, 0.3) is 0 Å². The van der Waals surface area contributed by atoms with Crippen molar-refractivity contribution in [1.29, 1.82) is 0 Å². The van der Waals surface area contributed by atoms with Crippen LogP contribution in [0.15, 0.2) is 24.3 Å². The molecule has 25 heavy (non-hydrogen) atoms. The van der Waals surface area contributed by atoms with Crippen LogP contribution in [0.3, 0.4) is 0 Å². The second kappa shape index (κ2) is 7.47. The molecule has 0 amide bonds. The number of hydrogen-bond acceptors (Lipinski definition) is 4. The summed E-state index contributed by atoms with van der Waals surface area (Å²) in [4.78, 5) is 9.04. The van der Waals surface area contributed by atoms with Crippen LogP contribution in [0.2, 0.25) is 0 Å². The Morgan fingerprint density at radius 1 is 1.16 bits per heavy atom. The molecule has 1 heterocycles. The third-order valence-electron chi connectivity index (χ3n) is 3.97. The van der Waals surface area contributed by atoms with Gasteiger partial charge in [-0.2, -0.15) is 0 Å². The summed E-state index contributed by atoms with van der Waals surface area (Å²) in [5, 5.41) is 0. The third-order valence-corrected chi connectivity index (χ3v) is 5.13. The molecule has 0 bridgehead atoms. The van der Waals surface area contributed by atoms with E-state index in [1.54, 1.807) is 12.1 Å². The highest BCUT2D eigenvalue weighted by molar-refractivity contribution is 7.92. The van der Waals surface area contributed by atoms with Gasteiger partial charge in [0.05, 0.1) is 17.6 Å². The molecule has 0 saturated heterocycles. The van der Waals surface area contributed by atoms with Crippen LogP contribution in [0.1, 0.15) is 44.4 Å². The maximum absolute atomic E-state index is 13.3. The minimum atomic E-state index is -3.48. The van der Waals surface area contributed by atoms with Crippen LogP contribution >= 0.6 is 0 Å². The molecule has 0 N–H and O–H groups in total. The average molecular weight is 365 g/mol. The lowest BCUT2D eigenvalue weighted by atomic mass is 9.95.